The maximum Gasteiger partial charge on any atom is 0.145 e. The smallest absolute Gasteiger partial charge is 0.145 e. The van der Waals surface area contributed by atoms with E-state index in [0.29, 0.717) is 22.5 Å². The highest BCUT2D eigenvalue weighted by Crippen LogP contribution is 2.35. The van der Waals surface area contributed by atoms with Crippen LogP contribution in [0.1, 0.15) is 5.56 Å². The Morgan fingerprint density at radius 3 is 2.65 bits per heavy atom. The lowest BCUT2D eigenvalue weighted by atomic mass is 10.2. The highest BCUT2D eigenvalue weighted by atomic mass is 79.9. The van der Waals surface area contributed by atoms with Crippen LogP contribution in [0, 0.1) is 5.82 Å². The molecule has 0 amide bonds. The van der Waals surface area contributed by atoms with Crippen molar-refractivity contribution in [2.24, 2.45) is 0 Å². The predicted octanol–water partition coefficient (Wildman–Crippen LogP) is 5.52. The summed E-state index contributed by atoms with van der Waals surface area (Å²) in [4.78, 5) is 0. The fourth-order valence-corrected chi connectivity index (χ4v) is 2.72. The van der Waals surface area contributed by atoms with Crippen molar-refractivity contribution >= 4 is 43.5 Å². The summed E-state index contributed by atoms with van der Waals surface area (Å²) in [5.41, 5.74) is 0.970. The molecule has 6 heteroatoms. The zero-order valence-corrected chi connectivity index (χ0v) is 14.4. The van der Waals surface area contributed by atoms with Crippen LogP contribution in [0.15, 0.2) is 39.3 Å². The number of nitrogens with one attached hydrogen (secondary N) is 1. The van der Waals surface area contributed by atoms with Gasteiger partial charge < -0.3 is 10.1 Å². The molecular weight excluding hydrogens is 412 g/mol. The topological polar surface area (TPSA) is 21.3 Å². The number of rotatable bonds is 4. The van der Waals surface area contributed by atoms with E-state index in [-0.39, 0.29) is 5.02 Å². The van der Waals surface area contributed by atoms with E-state index in [1.807, 2.05) is 25.2 Å². The molecule has 0 fully saturated rings. The van der Waals surface area contributed by atoms with Crippen LogP contribution in [0.5, 0.6) is 11.5 Å². The second-order valence-electron chi connectivity index (χ2n) is 4.08. The molecule has 1 N–H and O–H groups in total. The Bertz CT molecular complexity index is 637. The molecule has 106 valence electrons. The molecule has 0 saturated carbocycles. The van der Waals surface area contributed by atoms with Crippen molar-refractivity contribution in [2.75, 3.05) is 7.05 Å². The van der Waals surface area contributed by atoms with Gasteiger partial charge in [-0.15, -0.1) is 0 Å². The van der Waals surface area contributed by atoms with E-state index in [2.05, 4.69) is 37.2 Å². The van der Waals surface area contributed by atoms with E-state index >= 15 is 0 Å². The van der Waals surface area contributed by atoms with Gasteiger partial charge in [-0.25, -0.2) is 4.39 Å². The third kappa shape index (κ3) is 3.73. The van der Waals surface area contributed by atoms with Gasteiger partial charge in [-0.3, -0.25) is 0 Å². The van der Waals surface area contributed by atoms with Crippen molar-refractivity contribution in [2.45, 2.75) is 6.54 Å². The van der Waals surface area contributed by atoms with E-state index in [0.717, 1.165) is 10.0 Å². The fraction of sp³-hybridized carbons (Fsp3) is 0.143. The van der Waals surface area contributed by atoms with E-state index < -0.39 is 5.82 Å². The van der Waals surface area contributed by atoms with Gasteiger partial charge in [0.05, 0.1) is 9.50 Å². The number of hydrogen-bond donors (Lipinski definition) is 1. The maximum atomic E-state index is 13.5. The number of benzene rings is 2. The van der Waals surface area contributed by atoms with Crippen molar-refractivity contribution < 1.29 is 9.13 Å². The minimum atomic E-state index is -0.518. The van der Waals surface area contributed by atoms with E-state index in [9.17, 15) is 4.39 Å². The first kappa shape index (κ1) is 15.8. The fourth-order valence-electron chi connectivity index (χ4n) is 1.66. The average molecular weight is 424 g/mol. The van der Waals surface area contributed by atoms with Crippen LogP contribution in [-0.4, -0.2) is 7.05 Å². The summed E-state index contributed by atoms with van der Waals surface area (Å²) in [5.74, 6) is 0.508. The Hall–Kier alpha value is -0.620. The van der Waals surface area contributed by atoms with Gasteiger partial charge in [-0.05, 0) is 41.2 Å². The first-order chi connectivity index (χ1) is 9.51. The van der Waals surface area contributed by atoms with Gasteiger partial charge in [0.25, 0.3) is 0 Å². The SMILES string of the molecule is CNCc1ccc(Br)cc1Oc1cc(F)c(Cl)cc1Br. The molecule has 0 radical (unpaired) electrons. The molecule has 0 aliphatic rings. The van der Waals surface area contributed by atoms with Crippen LogP contribution in [0.3, 0.4) is 0 Å². The second kappa shape index (κ2) is 6.89. The summed E-state index contributed by atoms with van der Waals surface area (Å²) in [6, 6.07) is 8.44. The molecule has 0 atom stereocenters. The quantitative estimate of drug-likeness (QED) is 0.654. The van der Waals surface area contributed by atoms with Crippen LogP contribution < -0.4 is 10.1 Å². The van der Waals surface area contributed by atoms with Crippen LogP contribution in [0.2, 0.25) is 5.02 Å². The van der Waals surface area contributed by atoms with Gasteiger partial charge >= 0.3 is 0 Å². The number of hydrogen-bond acceptors (Lipinski definition) is 2. The Morgan fingerprint density at radius 1 is 1.20 bits per heavy atom. The molecule has 20 heavy (non-hydrogen) atoms. The summed E-state index contributed by atoms with van der Waals surface area (Å²) in [6.45, 7) is 0.649. The highest BCUT2D eigenvalue weighted by Gasteiger charge is 2.11. The van der Waals surface area contributed by atoms with Crippen LogP contribution >= 0.6 is 43.5 Å². The minimum absolute atomic E-state index is 0.0499. The molecule has 0 aliphatic heterocycles. The van der Waals surface area contributed by atoms with Crippen molar-refractivity contribution in [1.29, 1.82) is 0 Å². The van der Waals surface area contributed by atoms with Crippen molar-refractivity contribution in [3.63, 3.8) is 0 Å². The third-order valence-corrected chi connectivity index (χ3v) is 3.99. The molecule has 2 nitrogen and oxygen atoms in total. The normalized spacial score (nSPS) is 10.7. The minimum Gasteiger partial charge on any atom is -0.456 e. The third-order valence-electron chi connectivity index (χ3n) is 2.59. The maximum absolute atomic E-state index is 13.5. The molecule has 2 aromatic carbocycles. The first-order valence-electron chi connectivity index (χ1n) is 5.76. The van der Waals surface area contributed by atoms with Gasteiger partial charge in [-0.1, -0.05) is 33.6 Å². The van der Waals surface area contributed by atoms with Crippen molar-refractivity contribution in [1.82, 2.24) is 5.32 Å². The molecule has 0 unspecified atom stereocenters. The molecule has 0 aromatic heterocycles. The molecule has 2 aromatic rings. The zero-order chi connectivity index (χ0) is 14.7. The van der Waals surface area contributed by atoms with Crippen LogP contribution in [-0.2, 0) is 6.54 Å². The standard InChI is InChI=1S/C14H11Br2ClFNO/c1-19-7-8-2-3-9(15)4-13(8)20-14-6-12(18)11(17)5-10(14)16/h2-6,19H,7H2,1H3. The summed E-state index contributed by atoms with van der Waals surface area (Å²) in [6.07, 6.45) is 0. The molecule has 0 bridgehead atoms. The van der Waals surface area contributed by atoms with Gasteiger partial charge in [0.2, 0.25) is 0 Å². The van der Waals surface area contributed by atoms with E-state index in [1.54, 1.807) is 0 Å². The predicted molar refractivity (Wildman–Crippen MR) is 86.1 cm³/mol. The monoisotopic (exact) mass is 421 g/mol. The lowest BCUT2D eigenvalue weighted by Gasteiger charge is -2.13. The van der Waals surface area contributed by atoms with Gasteiger partial charge in [0.1, 0.15) is 17.3 Å². The molecular formula is C14H11Br2ClFNO. The largest absolute Gasteiger partial charge is 0.456 e. The Labute approximate surface area is 138 Å². The highest BCUT2D eigenvalue weighted by molar-refractivity contribution is 9.10. The molecule has 0 spiro atoms. The van der Waals surface area contributed by atoms with Gasteiger partial charge in [-0.2, -0.15) is 0 Å². The number of ether oxygens (including phenoxy) is 1. The Balaban J connectivity index is 2.38. The Kier molecular flexibility index (Phi) is 5.43. The molecule has 0 heterocycles. The van der Waals surface area contributed by atoms with Crippen LogP contribution in [0.25, 0.3) is 0 Å². The van der Waals surface area contributed by atoms with E-state index in [1.165, 1.54) is 12.1 Å². The molecule has 0 saturated heterocycles. The lowest BCUT2D eigenvalue weighted by Crippen LogP contribution is -2.06. The first-order valence-corrected chi connectivity index (χ1v) is 7.73. The van der Waals surface area contributed by atoms with Crippen molar-refractivity contribution in [3.05, 3.63) is 55.7 Å². The van der Waals surface area contributed by atoms with E-state index in [4.69, 9.17) is 16.3 Å². The summed E-state index contributed by atoms with van der Waals surface area (Å²) in [7, 11) is 1.85. The summed E-state index contributed by atoms with van der Waals surface area (Å²) >= 11 is 12.4. The molecule has 0 aliphatic carbocycles. The van der Waals surface area contributed by atoms with Crippen LogP contribution in [0.4, 0.5) is 4.39 Å². The van der Waals surface area contributed by atoms with Crippen molar-refractivity contribution in [3.8, 4) is 11.5 Å². The second-order valence-corrected chi connectivity index (χ2v) is 6.26. The lowest BCUT2D eigenvalue weighted by molar-refractivity contribution is 0.465. The Morgan fingerprint density at radius 2 is 1.95 bits per heavy atom. The summed E-state index contributed by atoms with van der Waals surface area (Å²) in [5, 5.41) is 3.11. The zero-order valence-electron chi connectivity index (χ0n) is 10.5. The van der Waals surface area contributed by atoms with Gasteiger partial charge in [0, 0.05) is 22.6 Å². The van der Waals surface area contributed by atoms with Gasteiger partial charge in [0.15, 0.2) is 0 Å². The summed E-state index contributed by atoms with van der Waals surface area (Å²) < 4.78 is 20.8. The average Bonchev–Trinajstić information content (AvgIpc) is 2.39. The number of halogens is 4. The molecule has 2 rings (SSSR count).